The number of alkyl carbamates (subject to hydrolysis) is 1. The van der Waals surface area contributed by atoms with Crippen molar-refractivity contribution in [2.75, 3.05) is 13.2 Å². The summed E-state index contributed by atoms with van der Waals surface area (Å²) in [5, 5.41) is 6.38. The molecule has 4 amide bonds. The molecule has 5 aliphatic rings. The number of aromatic nitrogens is 1. The van der Waals surface area contributed by atoms with E-state index in [4.69, 9.17) is 9.47 Å². The van der Waals surface area contributed by atoms with E-state index in [-0.39, 0.29) is 31.9 Å². The molecule has 2 aliphatic carbocycles. The maximum absolute atomic E-state index is 14.7. The van der Waals surface area contributed by atoms with Crippen LogP contribution in [-0.2, 0) is 35.6 Å². The van der Waals surface area contributed by atoms with Crippen LogP contribution in [0.4, 0.5) is 9.18 Å². The number of amides is 4. The number of fused-ring (bicyclic) bond motifs is 5. The highest BCUT2D eigenvalue weighted by Crippen LogP contribution is 2.47. The van der Waals surface area contributed by atoms with Crippen LogP contribution in [-0.4, -0.2) is 83.2 Å². The zero-order chi connectivity index (χ0) is 39.3. The molecule has 3 N–H and O–H groups in total. The van der Waals surface area contributed by atoms with Gasteiger partial charge in [-0.2, -0.15) is 0 Å². The zero-order valence-electron chi connectivity index (χ0n) is 32.0. The van der Waals surface area contributed by atoms with Crippen molar-refractivity contribution >= 4 is 44.7 Å². The van der Waals surface area contributed by atoms with Crippen molar-refractivity contribution < 1.29 is 41.5 Å². The summed E-state index contributed by atoms with van der Waals surface area (Å²) in [7, 11) is -4.02. The number of nitrogens with one attached hydrogen (secondary N) is 3. The predicted octanol–water partition coefficient (Wildman–Crippen LogP) is 4.88. The summed E-state index contributed by atoms with van der Waals surface area (Å²) in [5.74, 6) is -2.20. The molecule has 298 valence electrons. The van der Waals surface area contributed by atoms with Crippen LogP contribution in [0.1, 0.15) is 103 Å². The maximum atomic E-state index is 14.7. The first-order valence-corrected chi connectivity index (χ1v) is 21.1. The molecule has 7 rings (SSSR count). The summed E-state index contributed by atoms with van der Waals surface area (Å²) >= 11 is 0. The molecule has 3 fully saturated rings. The van der Waals surface area contributed by atoms with Gasteiger partial charge in [-0.25, -0.2) is 22.6 Å². The summed E-state index contributed by atoms with van der Waals surface area (Å²) in [6, 6.07) is 2.29. The number of pyridine rings is 1. The lowest BCUT2D eigenvalue weighted by atomic mass is 9.65. The molecule has 55 heavy (non-hydrogen) atoms. The number of ether oxygens (including phenoxy) is 2. The Bertz CT molecular complexity index is 2040. The zero-order valence-corrected chi connectivity index (χ0v) is 32.9. The molecular formula is C40H52FN5O8S. The molecule has 1 aromatic carbocycles. The fraction of sp³-hybridized carbons (Fsp3) is 0.625. The van der Waals surface area contributed by atoms with Gasteiger partial charge in [0.1, 0.15) is 34.8 Å². The van der Waals surface area contributed by atoms with Gasteiger partial charge in [-0.1, -0.05) is 38.8 Å². The number of rotatable bonds is 6. The van der Waals surface area contributed by atoms with E-state index in [1.807, 2.05) is 26.0 Å². The molecule has 0 bridgehead atoms. The van der Waals surface area contributed by atoms with Crippen LogP contribution in [0.3, 0.4) is 0 Å². The Morgan fingerprint density at radius 1 is 1.13 bits per heavy atom. The maximum Gasteiger partial charge on any atom is 0.407 e. The first-order chi connectivity index (χ1) is 26.1. The second kappa shape index (κ2) is 14.7. The summed E-state index contributed by atoms with van der Waals surface area (Å²) in [6.07, 6.45) is 8.85. The number of hydrogen-bond donors (Lipinski definition) is 3. The largest absolute Gasteiger partial charge is 0.483 e. The Kier molecular flexibility index (Phi) is 10.4. The minimum Gasteiger partial charge on any atom is -0.483 e. The minimum absolute atomic E-state index is 0.00152. The number of carbonyl (C=O) groups excluding carboxylic acids is 4. The van der Waals surface area contributed by atoms with E-state index in [0.29, 0.717) is 73.7 Å². The van der Waals surface area contributed by atoms with Gasteiger partial charge in [-0.3, -0.25) is 19.1 Å². The number of sulfonamides is 1. The Hall–Kier alpha value is -4.27. The van der Waals surface area contributed by atoms with Crippen LogP contribution >= 0.6 is 0 Å². The van der Waals surface area contributed by atoms with Crippen LogP contribution in [0.25, 0.3) is 10.9 Å². The van der Waals surface area contributed by atoms with Gasteiger partial charge in [-0.15, -0.1) is 0 Å². The van der Waals surface area contributed by atoms with E-state index in [2.05, 4.69) is 20.3 Å². The lowest BCUT2D eigenvalue weighted by Gasteiger charge is -2.48. The molecule has 3 aliphatic heterocycles. The van der Waals surface area contributed by atoms with Crippen molar-refractivity contribution in [3.63, 3.8) is 0 Å². The average molecular weight is 782 g/mol. The second-order valence-corrected chi connectivity index (χ2v) is 19.1. The smallest absolute Gasteiger partial charge is 0.407 e. The van der Waals surface area contributed by atoms with E-state index in [1.54, 1.807) is 19.9 Å². The third kappa shape index (κ3) is 7.52. The van der Waals surface area contributed by atoms with Gasteiger partial charge in [0.2, 0.25) is 21.8 Å². The molecule has 0 radical (unpaired) electrons. The van der Waals surface area contributed by atoms with Crippen LogP contribution in [0.2, 0.25) is 0 Å². The van der Waals surface area contributed by atoms with Crippen molar-refractivity contribution in [1.29, 1.82) is 0 Å². The number of aryl methyl sites for hydroxylation is 2. The molecule has 2 aromatic rings. The number of allylic oxidation sites excluding steroid dienone is 1. The predicted molar refractivity (Wildman–Crippen MR) is 202 cm³/mol. The van der Waals surface area contributed by atoms with Gasteiger partial charge in [0.05, 0.1) is 29.1 Å². The standard InChI is InChI=1S/C40H52FN5O8S/c1-24(2)22-53-37(50)43-31-11-9-7-5-6-8-10-26-14-17-40(26,36(49)45-55(51,52)38(4)18-19-38)44-34(47)32-21-39(23-46(32)35(31)48)16-15-28-29-20-27(41)12-13-30(29)42-25(3)33(28)54-39/h8,10,12-13,20,24,26,31-32H,5-7,9,11,14-19,21-23H2,1-4H3,(H,43,50)(H,44,47)(H,45,49)/b10-8-/t26-,31+,32+,39-,40-/m1/s1. The molecule has 0 unspecified atom stereocenters. The van der Waals surface area contributed by atoms with E-state index in [9.17, 15) is 32.0 Å². The minimum atomic E-state index is -4.02. The van der Waals surface area contributed by atoms with Crippen molar-refractivity contribution in [2.24, 2.45) is 11.8 Å². The van der Waals surface area contributed by atoms with Gasteiger partial charge in [-0.05, 0) is 95.8 Å². The van der Waals surface area contributed by atoms with Gasteiger partial charge >= 0.3 is 6.09 Å². The van der Waals surface area contributed by atoms with E-state index in [0.717, 1.165) is 18.4 Å². The molecule has 2 saturated carbocycles. The molecule has 4 heterocycles. The Labute approximate surface area is 321 Å². The van der Waals surface area contributed by atoms with Gasteiger partial charge in [0.25, 0.3) is 5.91 Å². The van der Waals surface area contributed by atoms with Crippen LogP contribution < -0.4 is 20.1 Å². The molecular weight excluding hydrogens is 730 g/mol. The van der Waals surface area contributed by atoms with E-state index < -0.39 is 73.5 Å². The molecule has 1 spiro atoms. The summed E-state index contributed by atoms with van der Waals surface area (Å²) < 4.78 is 54.4. The van der Waals surface area contributed by atoms with Crippen molar-refractivity contribution in [2.45, 2.75) is 133 Å². The van der Waals surface area contributed by atoms with Crippen molar-refractivity contribution in [3.8, 4) is 5.75 Å². The van der Waals surface area contributed by atoms with Crippen molar-refractivity contribution in [1.82, 2.24) is 25.2 Å². The Morgan fingerprint density at radius 3 is 2.62 bits per heavy atom. The molecule has 1 aromatic heterocycles. The SMILES string of the molecule is Cc1nc2ccc(F)cc2c2c1O[C@]1(CC2)C[C@H]2C(=O)N[C@]3(C(=O)NS(=O)(=O)C4(C)CC4)CC[C@H]3/C=C\CCCCC[C@H](NC(=O)OCC(C)C)C(=O)N2C1. The van der Waals surface area contributed by atoms with Crippen LogP contribution in [0, 0.1) is 24.6 Å². The quantitative estimate of drug-likeness (QED) is 0.346. The highest BCUT2D eigenvalue weighted by Gasteiger charge is 2.59. The Morgan fingerprint density at radius 2 is 1.91 bits per heavy atom. The monoisotopic (exact) mass is 781 g/mol. The van der Waals surface area contributed by atoms with Gasteiger partial charge in [0.15, 0.2) is 0 Å². The third-order valence-electron chi connectivity index (χ3n) is 12.2. The fourth-order valence-corrected chi connectivity index (χ4v) is 9.77. The van der Waals surface area contributed by atoms with Gasteiger partial charge in [0, 0.05) is 23.3 Å². The van der Waals surface area contributed by atoms with Crippen LogP contribution in [0.5, 0.6) is 5.75 Å². The first kappa shape index (κ1) is 39.0. The molecule has 13 nitrogen and oxygen atoms in total. The summed E-state index contributed by atoms with van der Waals surface area (Å²) in [4.78, 5) is 62.7. The number of carbonyl (C=O) groups is 4. The highest BCUT2D eigenvalue weighted by atomic mass is 32.2. The number of hydrogen-bond acceptors (Lipinski definition) is 9. The topological polar surface area (TPSA) is 173 Å². The lowest BCUT2D eigenvalue weighted by Crippen LogP contribution is -2.70. The van der Waals surface area contributed by atoms with Gasteiger partial charge < -0.3 is 25.0 Å². The molecule has 5 atom stereocenters. The fourth-order valence-electron chi connectivity index (χ4n) is 8.46. The van der Waals surface area contributed by atoms with Crippen molar-refractivity contribution in [3.05, 3.63) is 47.4 Å². The average Bonchev–Trinajstić information content (AvgIpc) is 3.79. The summed E-state index contributed by atoms with van der Waals surface area (Å²) in [5.41, 5.74) is -0.589. The van der Waals surface area contributed by atoms with E-state index >= 15 is 0 Å². The molecule has 1 saturated heterocycles. The lowest BCUT2D eigenvalue weighted by molar-refractivity contribution is -0.144. The third-order valence-corrected chi connectivity index (χ3v) is 14.4. The summed E-state index contributed by atoms with van der Waals surface area (Å²) in [6.45, 7) is 7.37. The molecule has 15 heteroatoms. The normalized spacial score (nSPS) is 29.7. The van der Waals surface area contributed by atoms with E-state index in [1.165, 1.54) is 17.0 Å². The number of halogens is 1. The number of benzene rings is 1. The second-order valence-electron chi connectivity index (χ2n) is 16.9. The number of nitrogens with zero attached hydrogens (tertiary/aromatic N) is 2. The van der Waals surface area contributed by atoms with Crippen LogP contribution in [0.15, 0.2) is 30.4 Å². The highest BCUT2D eigenvalue weighted by molar-refractivity contribution is 7.91. The Balaban J connectivity index is 1.24. The first-order valence-electron chi connectivity index (χ1n) is 19.6.